The predicted molar refractivity (Wildman–Crippen MR) is 183 cm³/mol. The molecule has 3 aromatic heterocycles. The fourth-order valence-corrected chi connectivity index (χ4v) is 7.30. The van der Waals surface area contributed by atoms with Gasteiger partial charge < -0.3 is 19.0 Å². The Bertz CT molecular complexity index is 2040. The van der Waals surface area contributed by atoms with Crippen molar-refractivity contribution >= 4 is 51.3 Å². The summed E-state index contributed by atoms with van der Waals surface area (Å²) in [5, 5.41) is 20.6. The minimum Gasteiger partial charge on any atom is -0.505 e. The Morgan fingerprint density at radius 1 is 1.08 bits per heavy atom. The third-order valence-corrected chi connectivity index (χ3v) is 10.2. The third-order valence-electron chi connectivity index (χ3n) is 8.09. The first kappa shape index (κ1) is 33.2. The number of ether oxygens (including phenoxy) is 2. The lowest BCUT2D eigenvalue weighted by molar-refractivity contribution is -0.132. The standard InChI is InChI=1S/C35H34FN5O5S2/c1-19(2)14-16-46-25-13-10-23(17-26(25)45-5)29-27(30(42)28-21(4)40-15-6-7-20(3)32(40)37-28)31(43)33(44)41(29)34-38-39-35(48-34)47-18-22-8-11-24(36)12-9-22/h6-13,15,17,19,29,42H,14,16,18H2,1-5H3/b30-27+. The quantitative estimate of drug-likeness (QED) is 0.0502. The average Bonchev–Trinajstić information content (AvgIpc) is 3.75. The number of amides is 1. The number of hydrogen-bond acceptors (Lipinski definition) is 10. The number of imidazole rings is 1. The van der Waals surface area contributed by atoms with Crippen molar-refractivity contribution in [3.05, 3.63) is 100 Å². The average molecular weight is 688 g/mol. The van der Waals surface area contributed by atoms with Gasteiger partial charge in [-0.05, 0) is 73.2 Å². The van der Waals surface area contributed by atoms with Crippen LogP contribution in [-0.4, -0.2) is 50.1 Å². The number of aromatic nitrogens is 4. The number of aryl methyl sites for hydroxylation is 2. The van der Waals surface area contributed by atoms with Crippen LogP contribution < -0.4 is 14.4 Å². The Morgan fingerprint density at radius 2 is 1.85 bits per heavy atom. The molecular weight excluding hydrogens is 654 g/mol. The summed E-state index contributed by atoms with van der Waals surface area (Å²) in [5.41, 5.74) is 3.57. The minimum atomic E-state index is -1.07. The monoisotopic (exact) mass is 687 g/mol. The minimum absolute atomic E-state index is 0.129. The Hall–Kier alpha value is -4.75. The summed E-state index contributed by atoms with van der Waals surface area (Å²) in [5.74, 6) is -0.577. The molecule has 1 amide bonds. The molecule has 1 fully saturated rings. The lowest BCUT2D eigenvalue weighted by atomic mass is 9.96. The van der Waals surface area contributed by atoms with Crippen LogP contribution in [0.25, 0.3) is 11.4 Å². The van der Waals surface area contributed by atoms with Gasteiger partial charge in [0, 0.05) is 11.9 Å². The van der Waals surface area contributed by atoms with Crippen molar-refractivity contribution in [1.82, 2.24) is 19.6 Å². The number of thioether (sulfide) groups is 1. The van der Waals surface area contributed by atoms with Crippen molar-refractivity contribution in [2.75, 3.05) is 18.6 Å². The summed E-state index contributed by atoms with van der Waals surface area (Å²) in [6.07, 6.45) is 2.67. The van der Waals surface area contributed by atoms with Crippen molar-refractivity contribution in [3.63, 3.8) is 0 Å². The largest absolute Gasteiger partial charge is 0.505 e. The smallest absolute Gasteiger partial charge is 0.301 e. The number of carbonyl (C=O) groups is 2. The topological polar surface area (TPSA) is 119 Å². The van der Waals surface area contributed by atoms with Crippen molar-refractivity contribution in [1.29, 1.82) is 0 Å². The van der Waals surface area contributed by atoms with Crippen LogP contribution in [0.15, 0.2) is 70.7 Å². The molecule has 5 aromatic rings. The zero-order chi connectivity index (χ0) is 34.1. The van der Waals surface area contributed by atoms with Gasteiger partial charge in [0.15, 0.2) is 21.6 Å². The van der Waals surface area contributed by atoms with E-state index >= 15 is 0 Å². The van der Waals surface area contributed by atoms with E-state index in [-0.39, 0.29) is 22.2 Å². The molecule has 1 atom stereocenters. The van der Waals surface area contributed by atoms with Gasteiger partial charge in [-0.1, -0.05) is 61.2 Å². The number of ketones is 1. The maximum Gasteiger partial charge on any atom is 0.301 e. The highest BCUT2D eigenvalue weighted by molar-refractivity contribution is 8.00. The Morgan fingerprint density at radius 3 is 2.56 bits per heavy atom. The van der Waals surface area contributed by atoms with Crippen LogP contribution in [0.4, 0.5) is 9.52 Å². The second-order valence-electron chi connectivity index (χ2n) is 11.8. The first-order valence-electron chi connectivity index (χ1n) is 15.3. The second-order valence-corrected chi connectivity index (χ2v) is 14.0. The second kappa shape index (κ2) is 13.8. The molecular formula is C35H34FN5O5S2. The maximum atomic E-state index is 13.9. The van der Waals surface area contributed by atoms with E-state index in [9.17, 15) is 19.1 Å². The van der Waals surface area contributed by atoms with Crippen molar-refractivity contribution in [2.24, 2.45) is 5.92 Å². The first-order valence-corrected chi connectivity index (χ1v) is 17.1. The molecule has 1 unspecified atom stereocenters. The lowest BCUT2D eigenvalue weighted by Gasteiger charge is -2.23. The van der Waals surface area contributed by atoms with Gasteiger partial charge >= 0.3 is 5.91 Å². The number of methoxy groups -OCH3 is 1. The Kier molecular flexibility index (Phi) is 9.51. The lowest BCUT2D eigenvalue weighted by Crippen LogP contribution is -2.29. The van der Waals surface area contributed by atoms with Gasteiger partial charge in [-0.3, -0.25) is 14.5 Å². The fraction of sp³-hybridized carbons (Fsp3) is 0.286. The fourth-order valence-electron chi connectivity index (χ4n) is 5.48. The van der Waals surface area contributed by atoms with E-state index in [1.54, 1.807) is 37.3 Å². The van der Waals surface area contributed by atoms with Crippen LogP contribution in [-0.2, 0) is 15.3 Å². The normalized spacial score (nSPS) is 16.0. The summed E-state index contributed by atoms with van der Waals surface area (Å²) in [6.45, 7) is 8.41. The molecule has 10 nitrogen and oxygen atoms in total. The number of nitrogens with zero attached hydrogens (tertiary/aromatic N) is 5. The summed E-state index contributed by atoms with van der Waals surface area (Å²) in [4.78, 5) is 33.7. The van der Waals surface area contributed by atoms with Crippen molar-refractivity contribution in [2.45, 2.75) is 50.3 Å². The molecule has 248 valence electrons. The van der Waals surface area contributed by atoms with Crippen LogP contribution in [0, 0.1) is 25.6 Å². The molecule has 0 aliphatic carbocycles. The molecule has 1 aliphatic heterocycles. The maximum absolute atomic E-state index is 13.9. The third kappa shape index (κ3) is 6.39. The summed E-state index contributed by atoms with van der Waals surface area (Å²) < 4.78 is 27.4. The highest BCUT2D eigenvalue weighted by Crippen LogP contribution is 2.46. The van der Waals surface area contributed by atoms with E-state index in [0.29, 0.717) is 51.0 Å². The molecule has 6 rings (SSSR count). The first-order chi connectivity index (χ1) is 23.1. The predicted octanol–water partition coefficient (Wildman–Crippen LogP) is 7.29. The molecule has 48 heavy (non-hydrogen) atoms. The van der Waals surface area contributed by atoms with E-state index in [4.69, 9.17) is 9.47 Å². The molecule has 4 heterocycles. The Labute approximate surface area is 285 Å². The van der Waals surface area contributed by atoms with E-state index in [1.807, 2.05) is 29.7 Å². The molecule has 13 heteroatoms. The summed E-state index contributed by atoms with van der Waals surface area (Å²) in [7, 11) is 1.52. The van der Waals surface area contributed by atoms with Gasteiger partial charge in [-0.25, -0.2) is 9.37 Å². The number of hydrogen-bond donors (Lipinski definition) is 1. The molecule has 2 aromatic carbocycles. The van der Waals surface area contributed by atoms with Gasteiger partial charge in [0.2, 0.25) is 5.13 Å². The van der Waals surface area contributed by atoms with E-state index < -0.39 is 23.5 Å². The summed E-state index contributed by atoms with van der Waals surface area (Å²) >= 11 is 2.52. The number of rotatable bonds is 11. The zero-order valence-corrected chi connectivity index (χ0v) is 28.7. The van der Waals surface area contributed by atoms with E-state index in [0.717, 1.165) is 28.9 Å². The van der Waals surface area contributed by atoms with Gasteiger partial charge in [0.05, 0.1) is 31.0 Å². The van der Waals surface area contributed by atoms with E-state index in [1.165, 1.54) is 35.9 Å². The van der Waals surface area contributed by atoms with Crippen LogP contribution in [0.1, 0.15) is 54.4 Å². The summed E-state index contributed by atoms with van der Waals surface area (Å²) in [6, 6.07) is 14.0. The number of aliphatic hydroxyl groups excluding tert-OH is 1. The number of anilines is 1. The number of halogens is 1. The molecule has 1 aliphatic rings. The molecule has 0 radical (unpaired) electrons. The van der Waals surface area contributed by atoms with Crippen LogP contribution in [0.3, 0.4) is 0 Å². The highest BCUT2D eigenvalue weighted by Gasteiger charge is 2.49. The molecule has 1 N–H and O–H groups in total. The van der Waals surface area contributed by atoms with E-state index in [2.05, 4.69) is 29.0 Å². The number of fused-ring (bicyclic) bond motifs is 1. The molecule has 0 spiro atoms. The molecule has 0 saturated carbocycles. The van der Waals surface area contributed by atoms with Gasteiger partial charge in [0.25, 0.3) is 5.78 Å². The Balaban J connectivity index is 1.43. The highest BCUT2D eigenvalue weighted by atomic mass is 32.2. The van der Waals surface area contributed by atoms with Crippen LogP contribution >= 0.6 is 23.1 Å². The number of carbonyl (C=O) groups excluding carboxylic acids is 2. The number of aliphatic hydroxyl groups is 1. The van der Waals surface area contributed by atoms with Gasteiger partial charge in [-0.15, -0.1) is 10.2 Å². The number of pyridine rings is 1. The molecule has 1 saturated heterocycles. The molecule has 0 bridgehead atoms. The van der Waals surface area contributed by atoms with Gasteiger partial charge in [0.1, 0.15) is 17.2 Å². The van der Waals surface area contributed by atoms with Crippen LogP contribution in [0.2, 0.25) is 0 Å². The number of benzene rings is 2. The SMILES string of the molecule is COc1cc(C2/C(=C(\O)c3nc4c(C)cccn4c3C)C(=O)C(=O)N2c2nnc(SCc3ccc(F)cc3)s2)ccc1OCCC(C)C. The van der Waals surface area contributed by atoms with Crippen molar-refractivity contribution in [3.8, 4) is 11.5 Å². The number of Topliss-reactive ketones (excluding diaryl/α,β-unsaturated/α-hetero) is 1. The van der Waals surface area contributed by atoms with Crippen molar-refractivity contribution < 1.29 is 28.6 Å². The zero-order valence-electron chi connectivity index (χ0n) is 27.1. The van der Waals surface area contributed by atoms with Gasteiger partial charge in [-0.2, -0.15) is 0 Å². The van der Waals surface area contributed by atoms with Crippen LogP contribution in [0.5, 0.6) is 11.5 Å².